The van der Waals surface area contributed by atoms with Gasteiger partial charge in [-0.15, -0.1) is 0 Å². The molecule has 1 aromatic heterocycles. The van der Waals surface area contributed by atoms with Crippen LogP contribution in [0, 0.1) is 0 Å². The van der Waals surface area contributed by atoms with Crippen LogP contribution in [0.4, 0.5) is 22.9 Å². The highest BCUT2D eigenvalue weighted by atomic mass is 16.2. The molecule has 0 spiro atoms. The number of nitrogens with zero attached hydrogens (tertiary/aromatic N) is 3. The second-order valence-electron chi connectivity index (χ2n) is 6.62. The maximum absolute atomic E-state index is 12.8. The summed E-state index contributed by atoms with van der Waals surface area (Å²) in [6, 6.07) is 10.3. The van der Waals surface area contributed by atoms with Gasteiger partial charge in [0.1, 0.15) is 5.82 Å². The van der Waals surface area contributed by atoms with E-state index in [1.165, 1.54) is 25.7 Å². The number of amides is 1. The molecule has 0 radical (unpaired) electrons. The standard InChI is InChI=1S/C19H22N4O/c1-22-15-10-6-5-9-14(15)19(24)23(2)17-12-20-18(11-16(17)22)21-13-7-3-4-8-13/h5-6,9-13H,3-4,7-8H2,1-2H3,(H,20,21). The summed E-state index contributed by atoms with van der Waals surface area (Å²) in [6.07, 6.45) is 6.78. The van der Waals surface area contributed by atoms with Gasteiger partial charge in [-0.25, -0.2) is 4.98 Å². The third-order valence-electron chi connectivity index (χ3n) is 5.09. The highest BCUT2D eigenvalue weighted by Gasteiger charge is 2.27. The van der Waals surface area contributed by atoms with Crippen molar-refractivity contribution >= 4 is 28.8 Å². The molecule has 1 saturated carbocycles. The monoisotopic (exact) mass is 322 g/mol. The van der Waals surface area contributed by atoms with E-state index in [0.29, 0.717) is 11.6 Å². The lowest BCUT2D eigenvalue weighted by atomic mass is 10.1. The largest absolute Gasteiger partial charge is 0.367 e. The fraction of sp³-hybridized carbons (Fsp3) is 0.368. The third kappa shape index (κ3) is 2.40. The smallest absolute Gasteiger partial charge is 0.260 e. The van der Waals surface area contributed by atoms with Crippen molar-refractivity contribution in [2.45, 2.75) is 31.7 Å². The summed E-state index contributed by atoms with van der Waals surface area (Å²) in [5.74, 6) is 0.877. The summed E-state index contributed by atoms with van der Waals surface area (Å²) in [5, 5.41) is 3.54. The van der Waals surface area contributed by atoms with E-state index < -0.39 is 0 Å². The summed E-state index contributed by atoms with van der Waals surface area (Å²) < 4.78 is 0. The van der Waals surface area contributed by atoms with Crippen LogP contribution in [0.3, 0.4) is 0 Å². The predicted octanol–water partition coefficient (Wildman–Crippen LogP) is 3.79. The molecule has 1 aromatic carbocycles. The Morgan fingerprint density at radius 2 is 1.79 bits per heavy atom. The average Bonchev–Trinajstić information content (AvgIpc) is 3.10. The minimum Gasteiger partial charge on any atom is -0.367 e. The minimum atomic E-state index is -0.00509. The molecule has 5 heteroatoms. The molecule has 4 rings (SSSR count). The Balaban J connectivity index is 1.77. The molecule has 2 aromatic rings. The Morgan fingerprint density at radius 1 is 1.04 bits per heavy atom. The summed E-state index contributed by atoms with van der Waals surface area (Å²) in [5.41, 5.74) is 3.46. The Morgan fingerprint density at radius 3 is 2.58 bits per heavy atom. The van der Waals surface area contributed by atoms with Crippen LogP contribution in [0.15, 0.2) is 36.5 Å². The lowest BCUT2D eigenvalue weighted by Crippen LogP contribution is -2.25. The molecule has 1 N–H and O–H groups in total. The molecule has 1 fully saturated rings. The van der Waals surface area contributed by atoms with Crippen molar-refractivity contribution in [1.82, 2.24) is 4.98 Å². The highest BCUT2D eigenvalue weighted by Crippen LogP contribution is 2.39. The average molecular weight is 322 g/mol. The van der Waals surface area contributed by atoms with Crippen molar-refractivity contribution < 1.29 is 4.79 Å². The van der Waals surface area contributed by atoms with E-state index in [-0.39, 0.29) is 5.91 Å². The van der Waals surface area contributed by atoms with E-state index in [4.69, 9.17) is 0 Å². The van der Waals surface area contributed by atoms with Crippen molar-refractivity contribution in [3.05, 3.63) is 42.1 Å². The number of benzene rings is 1. The molecular weight excluding hydrogens is 300 g/mol. The molecule has 2 heterocycles. The van der Waals surface area contributed by atoms with Gasteiger partial charge in [0.2, 0.25) is 0 Å². The van der Waals surface area contributed by atoms with E-state index in [0.717, 1.165) is 22.9 Å². The summed E-state index contributed by atoms with van der Waals surface area (Å²) in [6.45, 7) is 0. The number of aromatic nitrogens is 1. The van der Waals surface area contributed by atoms with Gasteiger partial charge in [0.05, 0.1) is 28.8 Å². The minimum absolute atomic E-state index is 0.00509. The highest BCUT2D eigenvalue weighted by molar-refractivity contribution is 6.13. The van der Waals surface area contributed by atoms with Gasteiger partial charge in [0.15, 0.2) is 0 Å². The van der Waals surface area contributed by atoms with Gasteiger partial charge in [-0.3, -0.25) is 4.79 Å². The fourth-order valence-electron chi connectivity index (χ4n) is 3.69. The molecule has 0 saturated heterocycles. The van der Waals surface area contributed by atoms with Crippen molar-refractivity contribution in [2.24, 2.45) is 0 Å². The van der Waals surface area contributed by atoms with Gasteiger partial charge in [-0.05, 0) is 25.0 Å². The molecule has 0 bridgehead atoms. The molecular formula is C19H22N4O. The first-order valence-corrected chi connectivity index (χ1v) is 8.52. The van der Waals surface area contributed by atoms with Crippen LogP contribution in [0.1, 0.15) is 36.0 Å². The quantitative estimate of drug-likeness (QED) is 0.914. The van der Waals surface area contributed by atoms with Gasteiger partial charge in [0, 0.05) is 26.2 Å². The number of carbonyl (C=O) groups is 1. The number of hydrogen-bond donors (Lipinski definition) is 1. The van der Waals surface area contributed by atoms with Crippen LogP contribution in [0.25, 0.3) is 0 Å². The third-order valence-corrected chi connectivity index (χ3v) is 5.09. The number of pyridine rings is 1. The molecule has 24 heavy (non-hydrogen) atoms. The summed E-state index contributed by atoms with van der Waals surface area (Å²) >= 11 is 0. The molecule has 124 valence electrons. The van der Waals surface area contributed by atoms with Gasteiger partial charge in [-0.1, -0.05) is 25.0 Å². The lowest BCUT2D eigenvalue weighted by Gasteiger charge is -2.23. The van der Waals surface area contributed by atoms with E-state index in [9.17, 15) is 4.79 Å². The zero-order valence-corrected chi connectivity index (χ0v) is 14.1. The first-order chi connectivity index (χ1) is 11.6. The predicted molar refractivity (Wildman–Crippen MR) is 97.4 cm³/mol. The van der Waals surface area contributed by atoms with E-state index in [2.05, 4.69) is 21.3 Å². The van der Waals surface area contributed by atoms with Gasteiger partial charge in [0.25, 0.3) is 5.91 Å². The van der Waals surface area contributed by atoms with Crippen LogP contribution >= 0.6 is 0 Å². The normalized spacial score (nSPS) is 17.5. The van der Waals surface area contributed by atoms with E-state index in [1.807, 2.05) is 38.4 Å². The molecule has 2 aliphatic rings. The molecule has 1 amide bonds. The van der Waals surface area contributed by atoms with Crippen LogP contribution < -0.4 is 15.1 Å². The zero-order chi connectivity index (χ0) is 16.7. The SMILES string of the molecule is CN1C(=O)c2ccccc2N(C)c2cc(NC3CCCC3)ncc21. The maximum Gasteiger partial charge on any atom is 0.260 e. The molecule has 5 nitrogen and oxygen atoms in total. The lowest BCUT2D eigenvalue weighted by molar-refractivity contribution is 0.0994. The Bertz CT molecular complexity index is 783. The van der Waals surface area contributed by atoms with Crippen LogP contribution in [-0.2, 0) is 0 Å². The van der Waals surface area contributed by atoms with Crippen LogP contribution in [0.2, 0.25) is 0 Å². The molecule has 0 unspecified atom stereocenters. The maximum atomic E-state index is 12.8. The molecule has 0 atom stereocenters. The number of rotatable bonds is 2. The van der Waals surface area contributed by atoms with E-state index >= 15 is 0 Å². The first-order valence-electron chi connectivity index (χ1n) is 8.52. The second kappa shape index (κ2) is 5.82. The van der Waals surface area contributed by atoms with Gasteiger partial charge in [-0.2, -0.15) is 0 Å². The topological polar surface area (TPSA) is 48.5 Å². The van der Waals surface area contributed by atoms with Gasteiger partial charge < -0.3 is 15.1 Å². The molecule has 1 aliphatic carbocycles. The number of anilines is 4. The number of nitrogens with one attached hydrogen (secondary N) is 1. The zero-order valence-electron chi connectivity index (χ0n) is 14.1. The number of para-hydroxylation sites is 1. The van der Waals surface area contributed by atoms with Gasteiger partial charge >= 0.3 is 0 Å². The summed E-state index contributed by atoms with van der Waals surface area (Å²) in [7, 11) is 3.81. The Hall–Kier alpha value is -2.56. The number of fused-ring (bicyclic) bond motifs is 2. The van der Waals surface area contributed by atoms with Crippen molar-refractivity contribution in [3.63, 3.8) is 0 Å². The van der Waals surface area contributed by atoms with Crippen LogP contribution in [0.5, 0.6) is 0 Å². The van der Waals surface area contributed by atoms with Crippen molar-refractivity contribution in [1.29, 1.82) is 0 Å². The summed E-state index contributed by atoms with van der Waals surface area (Å²) in [4.78, 5) is 21.1. The fourth-order valence-corrected chi connectivity index (χ4v) is 3.69. The van der Waals surface area contributed by atoms with E-state index in [1.54, 1.807) is 11.1 Å². The first kappa shape index (κ1) is 15.0. The van der Waals surface area contributed by atoms with Crippen molar-refractivity contribution in [3.8, 4) is 0 Å². The molecule has 1 aliphatic heterocycles. The van der Waals surface area contributed by atoms with Crippen LogP contribution in [-0.4, -0.2) is 31.0 Å². The number of hydrogen-bond acceptors (Lipinski definition) is 4. The Kier molecular flexibility index (Phi) is 3.63. The Labute approximate surface area is 142 Å². The van der Waals surface area contributed by atoms with Crippen molar-refractivity contribution in [2.75, 3.05) is 29.2 Å². The number of carbonyl (C=O) groups excluding carboxylic acids is 1. The second-order valence-corrected chi connectivity index (χ2v) is 6.62.